The van der Waals surface area contributed by atoms with Gasteiger partial charge in [-0.2, -0.15) is 0 Å². The highest BCUT2D eigenvalue weighted by molar-refractivity contribution is 8.13. The van der Waals surface area contributed by atoms with E-state index in [4.69, 9.17) is 15.0 Å². The van der Waals surface area contributed by atoms with E-state index >= 15 is 0 Å². The Bertz CT molecular complexity index is 742. The Morgan fingerprint density at radius 1 is 1.15 bits per heavy atom. The third-order valence-corrected chi connectivity index (χ3v) is 5.69. The molecule has 0 unspecified atom stereocenters. The summed E-state index contributed by atoms with van der Waals surface area (Å²) in [6, 6.07) is 5.30. The molecule has 1 aliphatic rings. The van der Waals surface area contributed by atoms with Gasteiger partial charge in [-0.1, -0.05) is 23.9 Å². The molecule has 1 aliphatic heterocycles. The molecule has 1 saturated heterocycles. The fourth-order valence-electron chi connectivity index (χ4n) is 2.54. The number of thioether (sulfide) groups is 1. The lowest BCUT2D eigenvalue weighted by Gasteiger charge is -2.32. The molecule has 5 nitrogen and oxygen atoms in total. The van der Waals surface area contributed by atoms with Gasteiger partial charge in [0.1, 0.15) is 0 Å². The molecule has 1 heterocycles. The average Bonchev–Trinajstić information content (AvgIpc) is 2.72. The summed E-state index contributed by atoms with van der Waals surface area (Å²) in [5.41, 5.74) is 7.52. The Morgan fingerprint density at radius 3 is 2.23 bits per heavy atom. The summed E-state index contributed by atoms with van der Waals surface area (Å²) in [4.78, 5) is 23.2. The fraction of sp³-hybridized carbons (Fsp3) is 0.474. The van der Waals surface area contributed by atoms with Gasteiger partial charge in [-0.25, -0.2) is 0 Å². The standard InChI is InChI=1S/C19H26BNO4S/c1-12(22)16-10-14(7-8-17(16)21)9-15(11-26-13(2)23)20-24-18(3,4)19(5,6)25-20/h7-10H,11,21H2,1-6H3. The van der Waals surface area contributed by atoms with E-state index in [1.54, 1.807) is 12.1 Å². The third kappa shape index (κ3) is 4.58. The van der Waals surface area contributed by atoms with Crippen LogP contribution in [0.2, 0.25) is 0 Å². The summed E-state index contributed by atoms with van der Waals surface area (Å²) >= 11 is 1.20. The van der Waals surface area contributed by atoms with Crippen LogP contribution in [-0.4, -0.2) is 35.0 Å². The molecular weight excluding hydrogens is 349 g/mol. The Labute approximate surface area is 159 Å². The molecule has 26 heavy (non-hydrogen) atoms. The predicted molar refractivity (Wildman–Crippen MR) is 108 cm³/mol. The smallest absolute Gasteiger partial charge is 0.400 e. The Kier molecular flexibility index (Phi) is 6.05. The van der Waals surface area contributed by atoms with Crippen molar-refractivity contribution in [3.8, 4) is 0 Å². The minimum Gasteiger partial charge on any atom is -0.400 e. The number of nitrogens with two attached hydrogens (primary N) is 1. The van der Waals surface area contributed by atoms with Crippen molar-refractivity contribution < 1.29 is 18.9 Å². The Hall–Kier alpha value is -1.57. The SMILES string of the molecule is CC(=O)SCC(=Cc1ccc(N)c(C(C)=O)c1)B1OC(C)(C)C(C)(C)O1. The molecular formula is C19H26BNO4S. The molecule has 0 aromatic heterocycles. The van der Waals surface area contributed by atoms with E-state index in [1.165, 1.54) is 25.6 Å². The van der Waals surface area contributed by atoms with E-state index in [0.717, 1.165) is 11.0 Å². The third-order valence-electron chi connectivity index (χ3n) is 4.81. The molecule has 0 aliphatic carbocycles. The van der Waals surface area contributed by atoms with Crippen molar-refractivity contribution in [1.82, 2.24) is 0 Å². The number of rotatable bonds is 5. The number of carbonyl (C=O) groups excluding carboxylic acids is 2. The summed E-state index contributed by atoms with van der Waals surface area (Å²) in [6.45, 7) is 11.0. The van der Waals surface area contributed by atoms with Gasteiger partial charge in [0.05, 0.1) is 11.2 Å². The second-order valence-electron chi connectivity index (χ2n) is 7.49. The molecule has 7 heteroatoms. The molecule has 2 rings (SSSR count). The van der Waals surface area contributed by atoms with Crippen LogP contribution in [0.1, 0.15) is 57.5 Å². The molecule has 0 amide bonds. The first kappa shape index (κ1) is 20.7. The van der Waals surface area contributed by atoms with Crippen molar-refractivity contribution in [2.45, 2.75) is 52.7 Å². The van der Waals surface area contributed by atoms with Crippen LogP contribution in [-0.2, 0) is 14.1 Å². The number of ketones is 1. The highest BCUT2D eigenvalue weighted by atomic mass is 32.2. The van der Waals surface area contributed by atoms with Gasteiger partial charge >= 0.3 is 7.12 Å². The minimum absolute atomic E-state index is 0.0224. The first-order chi connectivity index (χ1) is 11.9. The lowest BCUT2D eigenvalue weighted by molar-refractivity contribution is -0.109. The monoisotopic (exact) mass is 375 g/mol. The van der Waals surface area contributed by atoms with Crippen LogP contribution in [0.15, 0.2) is 23.7 Å². The van der Waals surface area contributed by atoms with Crippen LogP contribution in [0.4, 0.5) is 5.69 Å². The Morgan fingerprint density at radius 2 is 1.73 bits per heavy atom. The molecule has 0 saturated carbocycles. The number of Topliss-reactive ketones (excluding diaryl/α,β-unsaturated/α-hetero) is 1. The molecule has 1 aromatic carbocycles. The van der Waals surface area contributed by atoms with Gasteiger partial charge in [0.25, 0.3) is 0 Å². The van der Waals surface area contributed by atoms with Crippen LogP contribution >= 0.6 is 11.8 Å². The highest BCUT2D eigenvalue weighted by Gasteiger charge is 2.52. The van der Waals surface area contributed by atoms with Gasteiger partial charge in [-0.15, -0.1) is 0 Å². The maximum Gasteiger partial charge on any atom is 0.491 e. The summed E-state index contributed by atoms with van der Waals surface area (Å²) in [7, 11) is -0.551. The van der Waals surface area contributed by atoms with Gasteiger partial charge in [-0.05, 0) is 57.8 Å². The van der Waals surface area contributed by atoms with E-state index in [-0.39, 0.29) is 10.9 Å². The van der Waals surface area contributed by atoms with Crippen molar-refractivity contribution >= 4 is 41.5 Å². The van der Waals surface area contributed by atoms with E-state index in [2.05, 4.69) is 0 Å². The maximum absolute atomic E-state index is 11.7. The van der Waals surface area contributed by atoms with Crippen molar-refractivity contribution in [3.05, 3.63) is 34.8 Å². The predicted octanol–water partition coefficient (Wildman–Crippen LogP) is 3.77. The summed E-state index contributed by atoms with van der Waals surface area (Å²) in [5, 5.41) is 0.0224. The molecule has 0 spiro atoms. The molecule has 1 fully saturated rings. The summed E-state index contributed by atoms with van der Waals surface area (Å²) in [6.07, 6.45) is 1.91. The van der Waals surface area contributed by atoms with E-state index in [0.29, 0.717) is 17.0 Å². The van der Waals surface area contributed by atoms with E-state index < -0.39 is 18.3 Å². The lowest BCUT2D eigenvalue weighted by atomic mass is 9.78. The zero-order chi connectivity index (χ0) is 19.7. The molecule has 0 radical (unpaired) electrons. The van der Waals surface area contributed by atoms with Crippen molar-refractivity contribution in [1.29, 1.82) is 0 Å². The molecule has 1 aromatic rings. The fourth-order valence-corrected chi connectivity index (χ4v) is 3.13. The summed E-state index contributed by atoms with van der Waals surface area (Å²) in [5.74, 6) is 0.361. The van der Waals surface area contributed by atoms with Crippen LogP contribution in [0.3, 0.4) is 0 Å². The van der Waals surface area contributed by atoms with Gasteiger partial charge in [0.2, 0.25) is 0 Å². The molecule has 0 atom stereocenters. The van der Waals surface area contributed by atoms with Crippen LogP contribution in [0.5, 0.6) is 0 Å². The van der Waals surface area contributed by atoms with Gasteiger partial charge in [0.15, 0.2) is 10.9 Å². The first-order valence-corrected chi connectivity index (χ1v) is 9.51. The van der Waals surface area contributed by atoms with Gasteiger partial charge in [-0.3, -0.25) is 9.59 Å². The first-order valence-electron chi connectivity index (χ1n) is 8.53. The number of hydrogen-bond donors (Lipinski definition) is 1. The number of anilines is 1. The number of carbonyl (C=O) groups is 2. The second-order valence-corrected chi connectivity index (χ2v) is 8.64. The Balaban J connectivity index is 2.39. The number of benzene rings is 1. The van der Waals surface area contributed by atoms with E-state index in [9.17, 15) is 9.59 Å². The zero-order valence-electron chi connectivity index (χ0n) is 16.2. The quantitative estimate of drug-likeness (QED) is 0.480. The van der Waals surface area contributed by atoms with Crippen LogP contribution < -0.4 is 5.73 Å². The van der Waals surface area contributed by atoms with Crippen molar-refractivity contribution in [2.24, 2.45) is 0 Å². The number of nitrogen functional groups attached to an aromatic ring is 1. The number of hydrogen-bond acceptors (Lipinski definition) is 6. The topological polar surface area (TPSA) is 78.6 Å². The van der Waals surface area contributed by atoms with Crippen LogP contribution in [0, 0.1) is 0 Å². The van der Waals surface area contributed by atoms with Crippen molar-refractivity contribution in [3.63, 3.8) is 0 Å². The van der Waals surface area contributed by atoms with Crippen LogP contribution in [0.25, 0.3) is 6.08 Å². The van der Waals surface area contributed by atoms with Crippen molar-refractivity contribution in [2.75, 3.05) is 11.5 Å². The van der Waals surface area contributed by atoms with E-state index in [1.807, 2.05) is 39.8 Å². The normalized spacial score (nSPS) is 18.8. The van der Waals surface area contributed by atoms with Gasteiger partial charge < -0.3 is 15.0 Å². The van der Waals surface area contributed by atoms with Gasteiger partial charge in [0, 0.05) is 23.9 Å². The zero-order valence-corrected chi connectivity index (χ0v) is 17.0. The maximum atomic E-state index is 11.7. The molecule has 140 valence electrons. The summed E-state index contributed by atoms with van der Waals surface area (Å²) < 4.78 is 12.3. The highest BCUT2D eigenvalue weighted by Crippen LogP contribution is 2.39. The molecule has 2 N–H and O–H groups in total. The largest absolute Gasteiger partial charge is 0.491 e. The second kappa shape index (κ2) is 7.58. The minimum atomic E-state index is -0.551. The average molecular weight is 375 g/mol. The molecule has 0 bridgehead atoms. The lowest BCUT2D eigenvalue weighted by Crippen LogP contribution is -2.41.